The van der Waals surface area contributed by atoms with Gasteiger partial charge in [-0.25, -0.2) is 0 Å². The van der Waals surface area contributed by atoms with Gasteiger partial charge in [0.05, 0.1) is 16.3 Å². The van der Waals surface area contributed by atoms with Crippen molar-refractivity contribution in [3.8, 4) is 0 Å². The molecular formula is C29H22ClF3N2O2S. The summed E-state index contributed by atoms with van der Waals surface area (Å²) in [5.41, 5.74) is 1.52. The third-order valence-corrected chi connectivity index (χ3v) is 7.21. The molecule has 2 N–H and O–H groups in total. The number of thioether (sulfide) groups is 1. The molecule has 0 aliphatic rings. The quantitative estimate of drug-likeness (QED) is 0.226. The topological polar surface area (TPSA) is 58.2 Å². The molecule has 0 bridgehead atoms. The second kappa shape index (κ2) is 11.8. The van der Waals surface area contributed by atoms with Crippen molar-refractivity contribution in [1.82, 2.24) is 0 Å². The van der Waals surface area contributed by atoms with Gasteiger partial charge in [0.2, 0.25) is 5.91 Å². The Morgan fingerprint density at radius 2 is 1.55 bits per heavy atom. The van der Waals surface area contributed by atoms with E-state index in [4.69, 9.17) is 11.6 Å². The summed E-state index contributed by atoms with van der Waals surface area (Å²) in [5.74, 6) is -0.807. The van der Waals surface area contributed by atoms with Crippen molar-refractivity contribution < 1.29 is 22.8 Å². The van der Waals surface area contributed by atoms with Crippen molar-refractivity contribution in [3.05, 3.63) is 124 Å². The van der Waals surface area contributed by atoms with Gasteiger partial charge >= 0.3 is 6.18 Å². The Balaban J connectivity index is 1.58. The van der Waals surface area contributed by atoms with Crippen molar-refractivity contribution in [3.63, 3.8) is 0 Å². The van der Waals surface area contributed by atoms with Crippen molar-refractivity contribution in [1.29, 1.82) is 0 Å². The molecule has 4 aromatic rings. The molecule has 0 aromatic heterocycles. The Morgan fingerprint density at radius 1 is 0.842 bits per heavy atom. The fourth-order valence-corrected chi connectivity index (χ4v) is 4.95. The van der Waals surface area contributed by atoms with Gasteiger partial charge in [-0.15, -0.1) is 11.8 Å². The summed E-state index contributed by atoms with van der Waals surface area (Å²) < 4.78 is 39.7. The zero-order valence-electron chi connectivity index (χ0n) is 20.1. The van der Waals surface area contributed by atoms with Crippen LogP contribution in [-0.2, 0) is 11.0 Å². The number of aryl methyl sites for hydroxylation is 1. The smallest absolute Gasteiger partial charge is 0.323 e. The number of nitrogens with one attached hydrogen (secondary N) is 2. The number of anilines is 2. The van der Waals surface area contributed by atoms with Crippen LogP contribution in [0.15, 0.2) is 102 Å². The maximum absolute atomic E-state index is 13.4. The van der Waals surface area contributed by atoms with Gasteiger partial charge in [-0.05, 0) is 60.5 Å². The minimum Gasteiger partial charge on any atom is -0.323 e. The highest BCUT2D eigenvalue weighted by molar-refractivity contribution is 8.00. The third-order valence-electron chi connectivity index (χ3n) is 5.63. The fraction of sp³-hybridized carbons (Fsp3) is 0.103. The lowest BCUT2D eigenvalue weighted by atomic mass is 10.1. The molecule has 0 fully saturated rings. The molecule has 0 aliphatic heterocycles. The van der Waals surface area contributed by atoms with Crippen molar-refractivity contribution >= 4 is 46.6 Å². The van der Waals surface area contributed by atoms with Gasteiger partial charge in [-0.3, -0.25) is 9.59 Å². The number of rotatable bonds is 7. The first kappa shape index (κ1) is 27.3. The van der Waals surface area contributed by atoms with Crippen molar-refractivity contribution in [2.24, 2.45) is 0 Å². The first-order valence-electron chi connectivity index (χ1n) is 11.5. The van der Waals surface area contributed by atoms with Gasteiger partial charge < -0.3 is 10.6 Å². The second-order valence-corrected chi connectivity index (χ2v) is 9.97. The molecule has 0 radical (unpaired) electrons. The summed E-state index contributed by atoms with van der Waals surface area (Å²) in [6.45, 7) is 1.85. The van der Waals surface area contributed by atoms with E-state index in [0.717, 1.165) is 23.8 Å². The summed E-state index contributed by atoms with van der Waals surface area (Å²) >= 11 is 7.30. The van der Waals surface area contributed by atoms with E-state index >= 15 is 0 Å². The molecule has 4 aromatic carbocycles. The summed E-state index contributed by atoms with van der Waals surface area (Å²) in [6.07, 6.45) is -4.58. The maximum Gasteiger partial charge on any atom is 0.416 e. The van der Waals surface area contributed by atoms with Crippen LogP contribution in [0, 0.1) is 6.92 Å². The number of carbonyl (C=O) groups is 2. The second-order valence-electron chi connectivity index (χ2n) is 8.39. The molecule has 4 rings (SSSR count). The van der Waals surface area contributed by atoms with Crippen LogP contribution in [0.5, 0.6) is 0 Å². The van der Waals surface area contributed by atoms with Gasteiger partial charge in [-0.1, -0.05) is 66.2 Å². The van der Waals surface area contributed by atoms with Crippen LogP contribution in [0.4, 0.5) is 24.5 Å². The molecule has 4 nitrogen and oxygen atoms in total. The lowest BCUT2D eigenvalue weighted by Gasteiger charge is -2.19. The lowest BCUT2D eigenvalue weighted by molar-refractivity contribution is -0.137. The average molecular weight is 555 g/mol. The average Bonchev–Trinajstić information content (AvgIpc) is 2.89. The Hall–Kier alpha value is -3.75. The Kier molecular flexibility index (Phi) is 8.44. The summed E-state index contributed by atoms with van der Waals surface area (Å²) in [5, 5.41) is 4.60. The van der Waals surface area contributed by atoms with Crippen LogP contribution >= 0.6 is 23.4 Å². The predicted octanol–water partition coefficient (Wildman–Crippen LogP) is 8.39. The van der Waals surface area contributed by atoms with E-state index in [2.05, 4.69) is 10.6 Å². The van der Waals surface area contributed by atoms with Crippen molar-refractivity contribution in [2.75, 3.05) is 10.6 Å². The highest BCUT2D eigenvalue weighted by Crippen LogP contribution is 2.39. The Labute approximate surface area is 227 Å². The van der Waals surface area contributed by atoms with Gasteiger partial charge in [0.15, 0.2) is 0 Å². The van der Waals surface area contributed by atoms with E-state index in [1.807, 2.05) is 19.1 Å². The zero-order chi connectivity index (χ0) is 27.3. The molecule has 0 heterocycles. The molecule has 194 valence electrons. The van der Waals surface area contributed by atoms with Gasteiger partial charge in [-0.2, -0.15) is 13.2 Å². The van der Waals surface area contributed by atoms with E-state index in [-0.39, 0.29) is 16.6 Å². The first-order valence-corrected chi connectivity index (χ1v) is 12.7. The maximum atomic E-state index is 13.4. The summed E-state index contributed by atoms with van der Waals surface area (Å²) in [7, 11) is 0. The fourth-order valence-electron chi connectivity index (χ4n) is 3.71. The first-order chi connectivity index (χ1) is 18.1. The predicted molar refractivity (Wildman–Crippen MR) is 146 cm³/mol. The molecule has 0 spiro atoms. The molecular weight excluding hydrogens is 533 g/mol. The van der Waals surface area contributed by atoms with E-state index in [9.17, 15) is 22.8 Å². The molecule has 1 atom stereocenters. The molecule has 0 saturated carbocycles. The lowest BCUT2D eigenvalue weighted by Crippen LogP contribution is -2.20. The molecule has 1 unspecified atom stereocenters. The van der Waals surface area contributed by atoms with Gasteiger partial charge in [0, 0.05) is 16.1 Å². The monoisotopic (exact) mass is 554 g/mol. The zero-order valence-corrected chi connectivity index (χ0v) is 21.6. The standard InChI is InChI=1S/C29H22ClF3N2O2S/c1-18-8-5-6-13-23(18)27(36)34-21-11-7-12-22(17-21)38-26(19-9-3-2-4-10-19)28(37)35-25-16-20(29(31,32)33)14-15-24(25)30/h2-17,26H,1H3,(H,34,36)(H,35,37). The Morgan fingerprint density at radius 3 is 2.26 bits per heavy atom. The van der Waals surface area contributed by atoms with Crippen LogP contribution in [0.25, 0.3) is 0 Å². The van der Waals surface area contributed by atoms with Crippen LogP contribution in [0.3, 0.4) is 0 Å². The van der Waals surface area contributed by atoms with Crippen LogP contribution < -0.4 is 10.6 Å². The van der Waals surface area contributed by atoms with Crippen LogP contribution in [0.1, 0.15) is 32.3 Å². The number of halogens is 4. The van der Waals surface area contributed by atoms with Crippen LogP contribution in [0.2, 0.25) is 5.02 Å². The SMILES string of the molecule is Cc1ccccc1C(=O)Nc1cccc(SC(C(=O)Nc2cc(C(F)(F)F)ccc2Cl)c2ccccc2)c1. The van der Waals surface area contributed by atoms with Gasteiger partial charge in [0.25, 0.3) is 5.91 Å². The third kappa shape index (κ3) is 6.76. The van der Waals surface area contributed by atoms with Crippen molar-refractivity contribution in [2.45, 2.75) is 23.2 Å². The minimum atomic E-state index is -4.58. The molecule has 0 aliphatic carbocycles. The molecule has 9 heteroatoms. The highest BCUT2D eigenvalue weighted by Gasteiger charge is 2.31. The molecule has 2 amide bonds. The largest absolute Gasteiger partial charge is 0.416 e. The minimum absolute atomic E-state index is 0.0101. The number of benzene rings is 4. The van der Waals surface area contributed by atoms with E-state index in [1.54, 1.807) is 66.7 Å². The summed E-state index contributed by atoms with van der Waals surface area (Å²) in [4.78, 5) is 26.8. The number of amides is 2. The molecule has 0 saturated heterocycles. The van der Waals surface area contributed by atoms with E-state index in [0.29, 0.717) is 21.7 Å². The normalized spacial score (nSPS) is 12.0. The number of alkyl halides is 3. The number of hydrogen-bond donors (Lipinski definition) is 2. The number of carbonyl (C=O) groups excluding carboxylic acids is 2. The van der Waals surface area contributed by atoms with Gasteiger partial charge in [0.1, 0.15) is 5.25 Å². The van der Waals surface area contributed by atoms with Crippen LogP contribution in [-0.4, -0.2) is 11.8 Å². The van der Waals surface area contributed by atoms with E-state index in [1.165, 1.54) is 11.8 Å². The Bertz CT molecular complexity index is 1460. The molecule has 38 heavy (non-hydrogen) atoms. The summed E-state index contributed by atoms with van der Waals surface area (Å²) in [6, 6.07) is 25.9. The highest BCUT2D eigenvalue weighted by atomic mass is 35.5. The van der Waals surface area contributed by atoms with E-state index < -0.39 is 22.9 Å². The number of hydrogen-bond acceptors (Lipinski definition) is 3.